The first-order chi connectivity index (χ1) is 9.56. The van der Waals surface area contributed by atoms with Crippen LogP contribution in [-0.2, 0) is 9.53 Å². The van der Waals surface area contributed by atoms with E-state index in [9.17, 15) is 4.79 Å². The van der Waals surface area contributed by atoms with Gasteiger partial charge in [0.1, 0.15) is 5.75 Å². The first-order valence-corrected chi connectivity index (χ1v) is 6.48. The molecule has 0 unspecified atom stereocenters. The number of hydrogen-bond acceptors (Lipinski definition) is 4. The van der Waals surface area contributed by atoms with Crippen LogP contribution in [0.2, 0.25) is 0 Å². The summed E-state index contributed by atoms with van der Waals surface area (Å²) >= 11 is 5.15. The van der Waals surface area contributed by atoms with Crippen LogP contribution in [0.5, 0.6) is 5.75 Å². The second kappa shape index (κ2) is 5.92. The molecule has 1 heterocycles. The summed E-state index contributed by atoms with van der Waals surface area (Å²) in [5.41, 5.74) is 2.13. The highest BCUT2D eigenvalue weighted by molar-refractivity contribution is 7.80. The minimum atomic E-state index is -0.384. The Morgan fingerprint density at radius 3 is 2.45 bits per heavy atom. The quantitative estimate of drug-likeness (QED) is 0.653. The summed E-state index contributed by atoms with van der Waals surface area (Å²) < 4.78 is 9.98. The summed E-state index contributed by atoms with van der Waals surface area (Å²) in [5.74, 6) is 0.372. The van der Waals surface area contributed by atoms with Gasteiger partial charge in [0.2, 0.25) is 0 Å². The number of rotatable bonds is 3. The molecule has 20 heavy (non-hydrogen) atoms. The van der Waals surface area contributed by atoms with Crippen molar-refractivity contribution in [2.45, 2.75) is 13.0 Å². The third-order valence-electron chi connectivity index (χ3n) is 3.12. The Kier molecular flexibility index (Phi) is 4.24. The zero-order chi connectivity index (χ0) is 14.7. The van der Waals surface area contributed by atoms with E-state index in [2.05, 4.69) is 10.6 Å². The van der Waals surface area contributed by atoms with Crippen LogP contribution in [-0.4, -0.2) is 25.3 Å². The summed E-state index contributed by atoms with van der Waals surface area (Å²) in [6.45, 7) is 1.80. The van der Waals surface area contributed by atoms with Crippen LogP contribution in [0.15, 0.2) is 35.5 Å². The number of methoxy groups -OCH3 is 2. The van der Waals surface area contributed by atoms with Crippen molar-refractivity contribution in [3.05, 3.63) is 41.1 Å². The Morgan fingerprint density at radius 1 is 1.25 bits per heavy atom. The number of benzene rings is 1. The molecule has 1 atom stereocenters. The number of ether oxygens (including phenoxy) is 2. The predicted molar refractivity (Wildman–Crippen MR) is 79.3 cm³/mol. The Balaban J connectivity index is 2.42. The lowest BCUT2D eigenvalue weighted by Crippen LogP contribution is -2.45. The van der Waals surface area contributed by atoms with Gasteiger partial charge < -0.3 is 20.1 Å². The monoisotopic (exact) mass is 292 g/mol. The second-order valence-electron chi connectivity index (χ2n) is 4.33. The van der Waals surface area contributed by atoms with Crippen molar-refractivity contribution in [3.8, 4) is 5.75 Å². The van der Waals surface area contributed by atoms with Crippen molar-refractivity contribution >= 4 is 23.3 Å². The van der Waals surface area contributed by atoms with E-state index in [4.69, 9.17) is 21.7 Å². The molecular weight excluding hydrogens is 276 g/mol. The molecule has 1 aromatic carbocycles. The van der Waals surface area contributed by atoms with Crippen LogP contribution in [0.4, 0.5) is 0 Å². The average Bonchev–Trinajstić information content (AvgIpc) is 2.46. The molecule has 0 amide bonds. The van der Waals surface area contributed by atoms with Crippen molar-refractivity contribution in [3.63, 3.8) is 0 Å². The van der Waals surface area contributed by atoms with Gasteiger partial charge in [0.25, 0.3) is 0 Å². The van der Waals surface area contributed by atoms with Crippen molar-refractivity contribution in [2.24, 2.45) is 0 Å². The van der Waals surface area contributed by atoms with Crippen LogP contribution in [0.3, 0.4) is 0 Å². The summed E-state index contributed by atoms with van der Waals surface area (Å²) in [4.78, 5) is 12.0. The van der Waals surface area contributed by atoms with E-state index >= 15 is 0 Å². The maximum Gasteiger partial charge on any atom is 0.337 e. The molecule has 5 nitrogen and oxygen atoms in total. The Bertz CT molecular complexity index is 566. The summed E-state index contributed by atoms with van der Waals surface area (Å²) in [6.07, 6.45) is 0. The maximum atomic E-state index is 12.0. The van der Waals surface area contributed by atoms with Gasteiger partial charge in [-0.2, -0.15) is 0 Å². The molecule has 0 fully saturated rings. The zero-order valence-corrected chi connectivity index (χ0v) is 12.3. The van der Waals surface area contributed by atoms with Crippen LogP contribution in [0, 0.1) is 0 Å². The van der Waals surface area contributed by atoms with Crippen molar-refractivity contribution < 1.29 is 14.3 Å². The first-order valence-electron chi connectivity index (χ1n) is 6.07. The van der Waals surface area contributed by atoms with Crippen molar-refractivity contribution in [1.82, 2.24) is 10.6 Å². The number of allylic oxidation sites excluding steroid dienone is 1. The van der Waals surface area contributed by atoms with E-state index in [0.717, 1.165) is 11.3 Å². The van der Waals surface area contributed by atoms with E-state index in [1.54, 1.807) is 14.0 Å². The van der Waals surface area contributed by atoms with Gasteiger partial charge in [0, 0.05) is 5.70 Å². The number of thiocarbonyl (C=S) groups is 1. The summed E-state index contributed by atoms with van der Waals surface area (Å²) in [5, 5.41) is 6.51. The molecule has 1 aliphatic heterocycles. The molecule has 1 aliphatic rings. The van der Waals surface area contributed by atoms with Gasteiger partial charge >= 0.3 is 5.97 Å². The van der Waals surface area contributed by atoms with Crippen molar-refractivity contribution in [2.75, 3.05) is 14.2 Å². The number of hydrogen-bond donors (Lipinski definition) is 2. The van der Waals surface area contributed by atoms with Gasteiger partial charge in [-0.15, -0.1) is 0 Å². The molecule has 0 saturated heterocycles. The fourth-order valence-corrected chi connectivity index (χ4v) is 2.39. The average molecular weight is 292 g/mol. The Morgan fingerprint density at radius 2 is 1.90 bits per heavy atom. The lowest BCUT2D eigenvalue weighted by atomic mass is 9.95. The third-order valence-corrected chi connectivity index (χ3v) is 3.34. The van der Waals surface area contributed by atoms with Crippen LogP contribution >= 0.6 is 12.2 Å². The van der Waals surface area contributed by atoms with Gasteiger partial charge in [0.05, 0.1) is 25.8 Å². The fourth-order valence-electron chi connectivity index (χ4n) is 2.12. The lowest BCUT2D eigenvalue weighted by molar-refractivity contribution is -0.136. The SMILES string of the molecule is COC(=O)C1=C(C)NC(=S)N[C@H]1c1ccc(OC)cc1. The van der Waals surface area contributed by atoms with Gasteiger partial charge in [-0.1, -0.05) is 12.1 Å². The molecule has 0 aliphatic carbocycles. The molecule has 1 aromatic rings. The van der Waals surface area contributed by atoms with E-state index in [1.807, 2.05) is 24.3 Å². The smallest absolute Gasteiger partial charge is 0.337 e. The van der Waals surface area contributed by atoms with Gasteiger partial charge in [0.15, 0.2) is 5.11 Å². The minimum Gasteiger partial charge on any atom is -0.497 e. The molecule has 0 spiro atoms. The molecule has 0 aromatic heterocycles. The van der Waals surface area contributed by atoms with E-state index in [-0.39, 0.29) is 12.0 Å². The molecule has 0 saturated carbocycles. The minimum absolute atomic E-state index is 0.331. The van der Waals surface area contributed by atoms with Crippen LogP contribution in [0.1, 0.15) is 18.5 Å². The molecule has 6 heteroatoms. The molecule has 106 valence electrons. The van der Waals surface area contributed by atoms with Gasteiger partial charge in [-0.25, -0.2) is 4.79 Å². The van der Waals surface area contributed by atoms with Crippen LogP contribution in [0.25, 0.3) is 0 Å². The Labute approximate surface area is 123 Å². The molecule has 0 bridgehead atoms. The summed E-state index contributed by atoms with van der Waals surface area (Å²) in [6, 6.07) is 7.13. The standard InChI is InChI=1S/C14H16N2O3S/c1-8-11(13(17)19-3)12(16-14(20)15-8)9-4-6-10(18-2)7-5-9/h4-7,12H,1-3H3,(H2,15,16,20)/t12-/m0/s1. The third kappa shape index (κ3) is 2.75. The number of carbonyl (C=O) groups excluding carboxylic acids is 1. The van der Waals surface area contributed by atoms with Gasteiger partial charge in [-0.05, 0) is 36.8 Å². The highest BCUT2D eigenvalue weighted by Crippen LogP contribution is 2.28. The predicted octanol–water partition coefficient (Wildman–Crippen LogP) is 1.66. The van der Waals surface area contributed by atoms with E-state index < -0.39 is 0 Å². The summed E-state index contributed by atoms with van der Waals surface area (Å²) in [7, 11) is 2.97. The number of carbonyl (C=O) groups is 1. The van der Waals surface area contributed by atoms with Crippen molar-refractivity contribution in [1.29, 1.82) is 0 Å². The molecule has 0 radical (unpaired) electrons. The van der Waals surface area contributed by atoms with E-state index in [0.29, 0.717) is 16.4 Å². The fraction of sp³-hybridized carbons (Fsp3) is 0.286. The number of nitrogens with one attached hydrogen (secondary N) is 2. The van der Waals surface area contributed by atoms with Crippen LogP contribution < -0.4 is 15.4 Å². The molecule has 2 N–H and O–H groups in total. The lowest BCUT2D eigenvalue weighted by Gasteiger charge is -2.29. The highest BCUT2D eigenvalue weighted by Gasteiger charge is 2.30. The maximum absolute atomic E-state index is 12.0. The highest BCUT2D eigenvalue weighted by atomic mass is 32.1. The Hall–Kier alpha value is -2.08. The molecular formula is C14H16N2O3S. The van der Waals surface area contributed by atoms with E-state index in [1.165, 1.54) is 7.11 Å². The zero-order valence-electron chi connectivity index (χ0n) is 11.5. The molecule has 2 rings (SSSR count). The second-order valence-corrected chi connectivity index (χ2v) is 4.74. The first kappa shape index (κ1) is 14.3. The topological polar surface area (TPSA) is 59.6 Å². The number of esters is 1. The normalized spacial score (nSPS) is 18.1. The van der Waals surface area contributed by atoms with Gasteiger partial charge in [-0.3, -0.25) is 0 Å². The largest absolute Gasteiger partial charge is 0.497 e.